The van der Waals surface area contributed by atoms with Crippen LogP contribution in [0.4, 0.5) is 0 Å². The molecule has 0 bridgehead atoms. The zero-order chi connectivity index (χ0) is 12.6. The average molecular weight is 284 g/mol. The van der Waals surface area contributed by atoms with Crippen LogP contribution < -0.4 is 5.32 Å². The fourth-order valence-corrected chi connectivity index (χ4v) is 3.80. The van der Waals surface area contributed by atoms with E-state index in [1.54, 1.807) is 0 Å². The Hall–Kier alpha value is -0.240. The van der Waals surface area contributed by atoms with E-state index in [0.717, 1.165) is 17.5 Å². The zero-order valence-corrected chi connectivity index (χ0v) is 12.0. The van der Waals surface area contributed by atoms with Gasteiger partial charge in [0.05, 0.1) is 10.0 Å². The van der Waals surface area contributed by atoms with Crippen molar-refractivity contribution in [1.29, 1.82) is 0 Å². The second-order valence-electron chi connectivity index (χ2n) is 5.58. The molecule has 2 aliphatic rings. The monoisotopic (exact) mass is 283 g/mol. The van der Waals surface area contributed by atoms with Gasteiger partial charge in [-0.25, -0.2) is 0 Å². The van der Waals surface area contributed by atoms with E-state index < -0.39 is 0 Å². The van der Waals surface area contributed by atoms with Gasteiger partial charge in [0.15, 0.2) is 0 Å². The maximum Gasteiger partial charge on any atom is 0.0643 e. The number of rotatable bonds is 2. The Morgan fingerprint density at radius 2 is 1.94 bits per heavy atom. The molecular weight excluding hydrogens is 265 g/mol. The van der Waals surface area contributed by atoms with Crippen molar-refractivity contribution in [1.82, 2.24) is 5.32 Å². The number of nitrogens with one attached hydrogen (secondary N) is 1. The minimum atomic E-state index is 0.0818. The van der Waals surface area contributed by atoms with E-state index in [1.165, 1.54) is 44.1 Å². The van der Waals surface area contributed by atoms with Crippen LogP contribution in [0.3, 0.4) is 0 Å². The van der Waals surface area contributed by atoms with Crippen LogP contribution in [0, 0.1) is 5.92 Å². The quantitative estimate of drug-likeness (QED) is 0.825. The number of benzene rings is 1. The molecule has 18 heavy (non-hydrogen) atoms. The third kappa shape index (κ3) is 2.17. The summed E-state index contributed by atoms with van der Waals surface area (Å²) in [4.78, 5) is 0. The summed E-state index contributed by atoms with van der Waals surface area (Å²) in [5, 5.41) is 5.23. The molecule has 1 atom stereocenters. The standard InChI is InChI=1S/C15H19Cl2N/c16-13-6-4-5-12(14(13)17)15(11-7-8-11)9-2-1-3-10-18-15/h4-6,11,18H,1-3,7-10H2. The molecule has 98 valence electrons. The van der Waals surface area contributed by atoms with Gasteiger partial charge in [-0.15, -0.1) is 0 Å². The molecular formula is C15H19Cl2N. The Morgan fingerprint density at radius 1 is 1.11 bits per heavy atom. The second-order valence-corrected chi connectivity index (χ2v) is 6.37. The smallest absolute Gasteiger partial charge is 0.0643 e. The van der Waals surface area contributed by atoms with Gasteiger partial charge in [-0.1, -0.05) is 48.2 Å². The van der Waals surface area contributed by atoms with Crippen molar-refractivity contribution < 1.29 is 0 Å². The Morgan fingerprint density at radius 3 is 2.72 bits per heavy atom. The molecule has 1 heterocycles. The number of hydrogen-bond donors (Lipinski definition) is 1. The van der Waals surface area contributed by atoms with Crippen LogP contribution in [-0.2, 0) is 5.54 Å². The highest BCUT2D eigenvalue weighted by atomic mass is 35.5. The summed E-state index contributed by atoms with van der Waals surface area (Å²) >= 11 is 12.7. The molecule has 1 aromatic rings. The molecule has 1 unspecified atom stereocenters. The highest BCUT2D eigenvalue weighted by Gasteiger charge is 2.47. The van der Waals surface area contributed by atoms with Gasteiger partial charge >= 0.3 is 0 Å². The molecule has 3 rings (SSSR count). The van der Waals surface area contributed by atoms with Crippen LogP contribution in [0.25, 0.3) is 0 Å². The van der Waals surface area contributed by atoms with Gasteiger partial charge in [-0.2, -0.15) is 0 Å². The lowest BCUT2D eigenvalue weighted by Gasteiger charge is -2.36. The summed E-state index contributed by atoms with van der Waals surface area (Å²) in [6.45, 7) is 1.10. The maximum absolute atomic E-state index is 6.47. The van der Waals surface area contributed by atoms with Gasteiger partial charge in [-0.3, -0.25) is 0 Å². The molecule has 0 amide bonds. The summed E-state index contributed by atoms with van der Waals surface area (Å²) in [6.07, 6.45) is 7.70. The molecule has 3 heteroatoms. The van der Waals surface area contributed by atoms with Crippen molar-refractivity contribution in [3.8, 4) is 0 Å². The molecule has 1 aromatic carbocycles. The van der Waals surface area contributed by atoms with Gasteiger partial charge in [0.2, 0.25) is 0 Å². The molecule has 1 aliphatic heterocycles. The van der Waals surface area contributed by atoms with E-state index >= 15 is 0 Å². The summed E-state index contributed by atoms with van der Waals surface area (Å²) < 4.78 is 0. The topological polar surface area (TPSA) is 12.0 Å². The largest absolute Gasteiger partial charge is 0.307 e. The van der Waals surface area contributed by atoms with Crippen LogP contribution in [-0.4, -0.2) is 6.54 Å². The first-order valence-corrected chi connectivity index (χ1v) is 7.69. The first-order chi connectivity index (χ1) is 8.74. The zero-order valence-electron chi connectivity index (χ0n) is 10.5. The van der Waals surface area contributed by atoms with Crippen LogP contribution in [0.2, 0.25) is 10.0 Å². The fourth-order valence-electron chi connectivity index (χ4n) is 3.33. The van der Waals surface area contributed by atoms with Crippen molar-refractivity contribution in [3.63, 3.8) is 0 Å². The van der Waals surface area contributed by atoms with Crippen molar-refractivity contribution >= 4 is 23.2 Å². The van der Waals surface area contributed by atoms with Gasteiger partial charge in [-0.05, 0) is 49.8 Å². The molecule has 1 nitrogen and oxygen atoms in total. The molecule has 0 radical (unpaired) electrons. The maximum atomic E-state index is 6.47. The Labute approximate surface area is 119 Å². The summed E-state index contributed by atoms with van der Waals surface area (Å²) in [6, 6.07) is 6.07. The first-order valence-electron chi connectivity index (χ1n) is 6.93. The molecule has 1 saturated heterocycles. The van der Waals surface area contributed by atoms with Crippen molar-refractivity contribution in [3.05, 3.63) is 33.8 Å². The van der Waals surface area contributed by atoms with Crippen molar-refractivity contribution in [2.75, 3.05) is 6.54 Å². The minimum absolute atomic E-state index is 0.0818. The summed E-state index contributed by atoms with van der Waals surface area (Å²) in [5.74, 6) is 0.742. The average Bonchev–Trinajstić information content (AvgIpc) is 3.17. The third-order valence-corrected chi connectivity index (χ3v) is 5.21. The third-order valence-electron chi connectivity index (χ3n) is 4.39. The van der Waals surface area contributed by atoms with Gasteiger partial charge < -0.3 is 5.32 Å². The van der Waals surface area contributed by atoms with Crippen LogP contribution in [0.5, 0.6) is 0 Å². The minimum Gasteiger partial charge on any atom is -0.307 e. The second kappa shape index (κ2) is 5.03. The normalized spacial score (nSPS) is 29.0. The molecule has 1 aliphatic carbocycles. The van der Waals surface area contributed by atoms with Crippen LogP contribution in [0.15, 0.2) is 18.2 Å². The molecule has 0 spiro atoms. The van der Waals surface area contributed by atoms with Gasteiger partial charge in [0.1, 0.15) is 0 Å². The fraction of sp³-hybridized carbons (Fsp3) is 0.600. The predicted molar refractivity (Wildman–Crippen MR) is 77.3 cm³/mol. The molecule has 1 saturated carbocycles. The number of hydrogen-bond acceptors (Lipinski definition) is 1. The van der Waals surface area contributed by atoms with E-state index in [0.29, 0.717) is 5.02 Å². The molecule has 0 aromatic heterocycles. The van der Waals surface area contributed by atoms with Crippen molar-refractivity contribution in [2.24, 2.45) is 5.92 Å². The van der Waals surface area contributed by atoms with Crippen molar-refractivity contribution in [2.45, 2.75) is 44.1 Å². The lowest BCUT2D eigenvalue weighted by Crippen LogP contribution is -2.44. The first kappa shape index (κ1) is 12.8. The van der Waals surface area contributed by atoms with E-state index in [4.69, 9.17) is 23.2 Å². The Balaban J connectivity index is 2.05. The van der Waals surface area contributed by atoms with Crippen LogP contribution >= 0.6 is 23.2 Å². The highest BCUT2D eigenvalue weighted by Crippen LogP contribution is 2.51. The molecule has 1 N–H and O–H groups in total. The highest BCUT2D eigenvalue weighted by molar-refractivity contribution is 6.42. The van der Waals surface area contributed by atoms with E-state index in [2.05, 4.69) is 11.4 Å². The van der Waals surface area contributed by atoms with Gasteiger partial charge in [0, 0.05) is 5.54 Å². The SMILES string of the molecule is Clc1cccc(C2(C3CC3)CCCCCN2)c1Cl. The molecule has 2 fully saturated rings. The van der Waals surface area contributed by atoms with Crippen LogP contribution in [0.1, 0.15) is 44.1 Å². The lowest BCUT2D eigenvalue weighted by atomic mass is 9.81. The van der Waals surface area contributed by atoms with E-state index in [-0.39, 0.29) is 5.54 Å². The lowest BCUT2D eigenvalue weighted by molar-refractivity contribution is 0.279. The summed E-state index contributed by atoms with van der Waals surface area (Å²) in [5.41, 5.74) is 1.31. The van der Waals surface area contributed by atoms with Gasteiger partial charge in [0.25, 0.3) is 0 Å². The number of halogens is 2. The van der Waals surface area contributed by atoms with E-state index in [1.807, 2.05) is 12.1 Å². The predicted octanol–water partition coefficient (Wildman–Crippen LogP) is 4.76. The Bertz CT molecular complexity index is 432. The summed E-state index contributed by atoms with van der Waals surface area (Å²) in [7, 11) is 0. The van der Waals surface area contributed by atoms with E-state index in [9.17, 15) is 0 Å². The Kier molecular flexibility index (Phi) is 3.57.